The Hall–Kier alpha value is -3.05. The number of carbonyl (C=O) groups excluding carboxylic acids is 2. The number of amides is 2. The first-order valence-electron chi connectivity index (χ1n) is 12.5. The van der Waals surface area contributed by atoms with E-state index in [0.29, 0.717) is 25.1 Å². The third-order valence-electron chi connectivity index (χ3n) is 5.98. The van der Waals surface area contributed by atoms with Crippen molar-refractivity contribution in [1.29, 1.82) is 0 Å². The summed E-state index contributed by atoms with van der Waals surface area (Å²) in [5, 5.41) is 3.12. The number of rotatable bonds is 10. The molecule has 0 aliphatic carbocycles. The molecular formula is C31H38N2O2S. The summed E-state index contributed by atoms with van der Waals surface area (Å²) in [6, 6.07) is 25.7. The Morgan fingerprint density at radius 1 is 0.889 bits per heavy atom. The summed E-state index contributed by atoms with van der Waals surface area (Å²) in [6.45, 7) is 10.4. The molecule has 0 fully saturated rings. The molecule has 3 aromatic carbocycles. The largest absolute Gasteiger partial charge is 0.350 e. The highest BCUT2D eigenvalue weighted by Crippen LogP contribution is 2.22. The minimum atomic E-state index is -0.608. The SMILES string of the molecule is Cc1ccc(SCCC(=O)N(Cc2ccccc2C)[C@@H](Cc2ccccc2)C(=O)NC(C)(C)C)cc1. The topological polar surface area (TPSA) is 49.4 Å². The van der Waals surface area contributed by atoms with Crippen LogP contribution in [0.1, 0.15) is 49.4 Å². The van der Waals surface area contributed by atoms with Gasteiger partial charge in [-0.3, -0.25) is 9.59 Å². The van der Waals surface area contributed by atoms with Gasteiger partial charge in [0.05, 0.1) is 0 Å². The second-order valence-electron chi connectivity index (χ2n) is 10.3. The van der Waals surface area contributed by atoms with Crippen LogP contribution in [0, 0.1) is 13.8 Å². The summed E-state index contributed by atoms with van der Waals surface area (Å²) in [4.78, 5) is 30.3. The van der Waals surface area contributed by atoms with E-state index in [1.54, 1.807) is 16.7 Å². The monoisotopic (exact) mass is 502 g/mol. The van der Waals surface area contributed by atoms with E-state index in [-0.39, 0.29) is 11.8 Å². The van der Waals surface area contributed by atoms with E-state index in [9.17, 15) is 9.59 Å². The van der Waals surface area contributed by atoms with Crippen molar-refractivity contribution in [1.82, 2.24) is 10.2 Å². The normalized spacial score (nSPS) is 12.1. The molecular weight excluding hydrogens is 464 g/mol. The highest BCUT2D eigenvalue weighted by atomic mass is 32.2. The molecule has 36 heavy (non-hydrogen) atoms. The standard InChI is InChI=1S/C31H38N2O2S/c1-23-15-17-27(18-16-23)36-20-19-29(34)33(22-26-14-10-9-11-24(26)2)28(30(35)32-31(3,4)5)21-25-12-7-6-8-13-25/h6-18,28H,19-22H2,1-5H3,(H,32,35)/t28-/m0/s1. The average Bonchev–Trinajstić information content (AvgIpc) is 2.83. The zero-order valence-corrected chi connectivity index (χ0v) is 22.9. The summed E-state index contributed by atoms with van der Waals surface area (Å²) in [5.41, 5.74) is 4.01. The molecule has 0 saturated heterocycles. The lowest BCUT2D eigenvalue weighted by Gasteiger charge is -2.34. The maximum atomic E-state index is 13.7. The van der Waals surface area contributed by atoms with Gasteiger partial charge in [-0.1, -0.05) is 72.3 Å². The number of benzene rings is 3. The molecule has 0 bridgehead atoms. The number of carbonyl (C=O) groups is 2. The van der Waals surface area contributed by atoms with Crippen LogP contribution >= 0.6 is 11.8 Å². The van der Waals surface area contributed by atoms with E-state index in [2.05, 4.69) is 36.5 Å². The summed E-state index contributed by atoms with van der Waals surface area (Å²) >= 11 is 1.67. The summed E-state index contributed by atoms with van der Waals surface area (Å²) < 4.78 is 0. The molecule has 0 radical (unpaired) electrons. The minimum absolute atomic E-state index is 0.0112. The zero-order chi connectivity index (χ0) is 26.1. The highest BCUT2D eigenvalue weighted by Gasteiger charge is 2.32. The van der Waals surface area contributed by atoms with E-state index in [4.69, 9.17) is 0 Å². The molecule has 1 N–H and O–H groups in total. The fourth-order valence-electron chi connectivity index (χ4n) is 4.01. The third kappa shape index (κ3) is 8.56. The molecule has 0 heterocycles. The van der Waals surface area contributed by atoms with Crippen molar-refractivity contribution in [2.45, 2.75) is 70.5 Å². The van der Waals surface area contributed by atoms with Gasteiger partial charge < -0.3 is 10.2 Å². The number of aryl methyl sites for hydroxylation is 2. The van der Waals surface area contributed by atoms with Gasteiger partial charge in [0, 0.05) is 35.6 Å². The predicted octanol–water partition coefficient (Wildman–Crippen LogP) is 6.34. The Bertz CT molecular complexity index is 1140. The highest BCUT2D eigenvalue weighted by molar-refractivity contribution is 7.99. The lowest BCUT2D eigenvalue weighted by Crippen LogP contribution is -2.54. The minimum Gasteiger partial charge on any atom is -0.350 e. The molecule has 5 heteroatoms. The number of nitrogens with zero attached hydrogens (tertiary/aromatic N) is 1. The molecule has 0 aromatic heterocycles. The van der Waals surface area contributed by atoms with Crippen LogP contribution in [-0.4, -0.2) is 34.0 Å². The first-order valence-corrected chi connectivity index (χ1v) is 13.5. The van der Waals surface area contributed by atoms with E-state index < -0.39 is 11.6 Å². The van der Waals surface area contributed by atoms with Gasteiger partial charge in [-0.2, -0.15) is 0 Å². The predicted molar refractivity (Wildman–Crippen MR) is 150 cm³/mol. The molecule has 0 aliphatic rings. The van der Waals surface area contributed by atoms with E-state index in [1.165, 1.54) is 5.56 Å². The molecule has 4 nitrogen and oxygen atoms in total. The van der Waals surface area contributed by atoms with Crippen LogP contribution in [0.15, 0.2) is 83.8 Å². The first-order chi connectivity index (χ1) is 17.1. The fraction of sp³-hybridized carbons (Fsp3) is 0.355. The van der Waals surface area contributed by atoms with Gasteiger partial charge in [0.25, 0.3) is 0 Å². The van der Waals surface area contributed by atoms with Gasteiger partial charge in [-0.25, -0.2) is 0 Å². The van der Waals surface area contributed by atoms with E-state index >= 15 is 0 Å². The third-order valence-corrected chi connectivity index (χ3v) is 6.99. The lowest BCUT2D eigenvalue weighted by atomic mass is 9.99. The van der Waals surface area contributed by atoms with Crippen molar-refractivity contribution >= 4 is 23.6 Å². The van der Waals surface area contributed by atoms with Crippen LogP contribution < -0.4 is 5.32 Å². The van der Waals surface area contributed by atoms with Crippen molar-refractivity contribution in [3.8, 4) is 0 Å². The van der Waals surface area contributed by atoms with Gasteiger partial charge in [0.1, 0.15) is 6.04 Å². The van der Waals surface area contributed by atoms with Gasteiger partial charge in [-0.05, 0) is 63.4 Å². The molecule has 0 saturated carbocycles. The van der Waals surface area contributed by atoms with Crippen molar-refractivity contribution in [2.75, 3.05) is 5.75 Å². The van der Waals surface area contributed by atoms with Gasteiger partial charge in [0.15, 0.2) is 0 Å². The van der Waals surface area contributed by atoms with Crippen LogP contribution in [0.25, 0.3) is 0 Å². The fourth-order valence-corrected chi connectivity index (χ4v) is 4.85. The second kappa shape index (κ2) is 12.8. The Morgan fingerprint density at radius 3 is 2.17 bits per heavy atom. The molecule has 2 amide bonds. The Morgan fingerprint density at radius 2 is 1.53 bits per heavy atom. The maximum Gasteiger partial charge on any atom is 0.243 e. The quantitative estimate of drug-likeness (QED) is 0.329. The number of hydrogen-bond donors (Lipinski definition) is 1. The molecule has 3 rings (SSSR count). The molecule has 1 atom stereocenters. The number of hydrogen-bond acceptors (Lipinski definition) is 3. The average molecular weight is 503 g/mol. The molecule has 0 spiro atoms. The Balaban J connectivity index is 1.87. The summed E-state index contributed by atoms with van der Waals surface area (Å²) in [6.07, 6.45) is 0.823. The zero-order valence-electron chi connectivity index (χ0n) is 22.1. The first kappa shape index (κ1) is 27.5. The Kier molecular flexibility index (Phi) is 9.77. The van der Waals surface area contributed by atoms with Crippen molar-refractivity contribution in [3.05, 3.63) is 101 Å². The lowest BCUT2D eigenvalue weighted by molar-refractivity contribution is -0.141. The van der Waals surface area contributed by atoms with Crippen LogP contribution in [0.5, 0.6) is 0 Å². The van der Waals surface area contributed by atoms with Crippen LogP contribution in [-0.2, 0) is 22.6 Å². The summed E-state index contributed by atoms with van der Waals surface area (Å²) in [7, 11) is 0. The van der Waals surface area contributed by atoms with Crippen molar-refractivity contribution < 1.29 is 9.59 Å². The molecule has 3 aromatic rings. The maximum absolute atomic E-state index is 13.7. The van der Waals surface area contributed by atoms with Crippen LogP contribution in [0.4, 0.5) is 0 Å². The van der Waals surface area contributed by atoms with Crippen molar-refractivity contribution in [3.63, 3.8) is 0 Å². The van der Waals surface area contributed by atoms with Gasteiger partial charge in [-0.15, -0.1) is 11.8 Å². The van der Waals surface area contributed by atoms with Gasteiger partial charge in [0.2, 0.25) is 11.8 Å². The van der Waals surface area contributed by atoms with Crippen LogP contribution in [0.3, 0.4) is 0 Å². The van der Waals surface area contributed by atoms with Crippen molar-refractivity contribution in [2.24, 2.45) is 0 Å². The number of thioether (sulfide) groups is 1. The number of nitrogens with one attached hydrogen (secondary N) is 1. The van der Waals surface area contributed by atoms with E-state index in [0.717, 1.165) is 21.6 Å². The molecule has 0 aliphatic heterocycles. The second-order valence-corrected chi connectivity index (χ2v) is 11.5. The molecule has 190 valence electrons. The van der Waals surface area contributed by atoms with Crippen LogP contribution in [0.2, 0.25) is 0 Å². The van der Waals surface area contributed by atoms with E-state index in [1.807, 2.05) is 82.3 Å². The Labute approximate surface area is 220 Å². The summed E-state index contributed by atoms with van der Waals surface area (Å²) in [5.74, 6) is 0.521. The molecule has 0 unspecified atom stereocenters. The van der Waals surface area contributed by atoms with Gasteiger partial charge >= 0.3 is 0 Å². The smallest absolute Gasteiger partial charge is 0.243 e.